The fraction of sp³-hybridized carbons (Fsp3) is 0.263. The smallest absolute Gasteiger partial charge is 0.308 e. The molecule has 0 unspecified atom stereocenters. The molecule has 125 heavy (non-hydrogen) atoms. The van der Waals surface area contributed by atoms with Crippen molar-refractivity contribution in [2.75, 3.05) is 40.7 Å². The van der Waals surface area contributed by atoms with Gasteiger partial charge in [0.1, 0.15) is 97.2 Å². The molecule has 30 heteroatoms. The van der Waals surface area contributed by atoms with Gasteiger partial charge in [0.2, 0.25) is 11.8 Å². The number of esters is 1. The van der Waals surface area contributed by atoms with E-state index in [0.717, 1.165) is 230 Å². The Morgan fingerprint density at radius 3 is 0.992 bits per heavy atom. The Morgan fingerprint density at radius 1 is 0.368 bits per heavy atom. The Bertz CT molecular complexity index is 6650. The standard InChI is InChI=1S/2C26H25N7O.C22H23N5O2.C21H21N5O2/c27-24-23-22(20-15-18-5-1-2-6-19(18)30-20)32-25(33(23)14-13-29-24)16-8-10-17(11-9-16)26(34)31-21-7-3-4-12-28-21;27-24-23-22(21-14-18-4-1-2-6-20(18)31-21)32-25(33(23)13-12-29-24)16-7-9-17(10-8-16)26(34)30-19-5-3-11-28-15-19;1-29-22(28)14-8-6-13(7-9-14)21-26-18(19-20(23)24-10-11-27(19)21)17-12-15-4-2-3-5-16(15)25-17;22-19-18-17(16-11-14-3-1-2-4-15(14)24-16)25-20(26(18)10-9-23-19)12-5-7-13(8-6-12)21(27)28/h1-7,12-17,30H,8-11H2,(H2,27,29)(H,28,31,34);1-6,11-17,31H,7-10H2,(H2,27,29)(H,30,34);2-5,10-14,25H,6-9H2,1H3,(H2,23,24);1-4,9-13,24H,5-8H2,(H2,22,23)(H,27,28). The van der Waals surface area contributed by atoms with Crippen molar-refractivity contribution in [2.45, 2.75) is 126 Å². The third kappa shape index (κ3) is 16.0. The quantitative estimate of drug-likeness (QED) is 0.0450. The summed E-state index contributed by atoms with van der Waals surface area (Å²) in [4.78, 5) is 108. The number of hydrogen-bond donors (Lipinski definition) is 11. The molecule has 0 atom stereocenters. The molecule has 4 aromatic carbocycles. The molecule has 0 spiro atoms. The highest BCUT2D eigenvalue weighted by atomic mass is 16.5. The summed E-state index contributed by atoms with van der Waals surface area (Å²) in [7, 11) is 1.46. The number of carbonyl (C=O) groups excluding carboxylic acids is 3. The lowest BCUT2D eigenvalue weighted by Crippen LogP contribution is -2.27. The Hall–Kier alpha value is -15.1. The molecule has 4 fully saturated rings. The van der Waals surface area contributed by atoms with Gasteiger partial charge in [0.15, 0.2) is 0 Å². The van der Waals surface area contributed by atoms with Gasteiger partial charge < -0.3 is 63.3 Å². The highest BCUT2D eigenvalue weighted by Gasteiger charge is 2.36. The summed E-state index contributed by atoms with van der Waals surface area (Å²) >= 11 is 0. The van der Waals surface area contributed by atoms with Gasteiger partial charge in [-0.3, -0.25) is 41.8 Å². The Kier molecular flexibility index (Phi) is 21.9. The summed E-state index contributed by atoms with van der Waals surface area (Å²) in [5.41, 5.74) is 40.3. The first-order valence-corrected chi connectivity index (χ1v) is 42.7. The van der Waals surface area contributed by atoms with Crippen LogP contribution in [0.2, 0.25) is 0 Å². The van der Waals surface area contributed by atoms with Crippen molar-refractivity contribution >= 4 is 124 Å². The third-order valence-corrected chi connectivity index (χ3v) is 25.4. The number of ether oxygens (including phenoxy) is 1. The van der Waals surface area contributed by atoms with Gasteiger partial charge in [-0.25, -0.2) is 44.9 Å². The molecule has 0 bridgehead atoms. The molecule has 22 rings (SSSR count). The minimum atomic E-state index is -0.696. The van der Waals surface area contributed by atoms with Gasteiger partial charge in [-0.2, -0.15) is 0 Å². The number of benzene rings is 4. The number of hydrogen-bond acceptors (Lipinski definition) is 19. The molecule has 14 aromatic heterocycles. The van der Waals surface area contributed by atoms with E-state index in [1.807, 2.05) is 120 Å². The van der Waals surface area contributed by atoms with Crippen molar-refractivity contribution in [2.24, 2.45) is 23.7 Å². The summed E-state index contributed by atoms with van der Waals surface area (Å²) in [6, 6.07) is 50.2. The highest BCUT2D eigenvalue weighted by Crippen LogP contribution is 2.45. The maximum Gasteiger partial charge on any atom is 0.308 e. The van der Waals surface area contributed by atoms with Crippen molar-refractivity contribution in [3.8, 4) is 45.6 Å². The third-order valence-electron chi connectivity index (χ3n) is 25.4. The molecule has 30 nitrogen and oxygen atoms in total. The average Bonchev–Trinajstić information content (AvgIpc) is 1.62. The van der Waals surface area contributed by atoms with Crippen LogP contribution in [0.25, 0.3) is 111 Å². The van der Waals surface area contributed by atoms with Gasteiger partial charge >= 0.3 is 11.9 Å². The van der Waals surface area contributed by atoms with E-state index in [1.165, 1.54) is 7.11 Å². The Labute approximate surface area is 716 Å². The molecule has 15 N–H and O–H groups in total. The second-order valence-corrected chi connectivity index (χ2v) is 33.0. The number of nitrogens with one attached hydrogen (secondary N) is 6. The second-order valence-electron chi connectivity index (χ2n) is 33.0. The maximum absolute atomic E-state index is 12.8. The number of aliphatic carboxylic acids is 1. The van der Waals surface area contributed by atoms with E-state index in [9.17, 15) is 24.3 Å². The molecule has 4 saturated carbocycles. The molecule has 14 heterocycles. The van der Waals surface area contributed by atoms with Crippen LogP contribution in [0.3, 0.4) is 0 Å². The molecule has 0 saturated heterocycles. The van der Waals surface area contributed by atoms with Gasteiger partial charge in [-0.15, -0.1) is 0 Å². The normalized spacial score (nSPS) is 19.0. The summed E-state index contributed by atoms with van der Waals surface area (Å²) in [6.07, 6.45) is 32.7. The molecule has 630 valence electrons. The molecule has 0 aliphatic heterocycles. The van der Waals surface area contributed by atoms with E-state index >= 15 is 0 Å². The fourth-order valence-electron chi connectivity index (χ4n) is 19.0. The number of para-hydroxylation sites is 4. The lowest BCUT2D eigenvalue weighted by Gasteiger charge is -2.27. The number of pyridine rings is 2. The number of carboxylic acid groups (broad SMARTS) is 1. The monoisotopic (exact) mass is 1670 g/mol. The summed E-state index contributed by atoms with van der Waals surface area (Å²) in [5, 5.41) is 19.7. The number of amides is 2. The predicted octanol–water partition coefficient (Wildman–Crippen LogP) is 17.3. The van der Waals surface area contributed by atoms with E-state index in [1.54, 1.807) is 43.4 Å². The molecule has 2 amide bonds. The molecular weight excluding hydrogens is 1570 g/mol. The zero-order valence-electron chi connectivity index (χ0n) is 68.8. The van der Waals surface area contributed by atoms with Crippen LogP contribution >= 0.6 is 0 Å². The van der Waals surface area contributed by atoms with E-state index in [0.29, 0.717) is 41.9 Å². The van der Waals surface area contributed by atoms with Gasteiger partial charge in [-0.1, -0.05) is 78.9 Å². The van der Waals surface area contributed by atoms with Crippen LogP contribution in [-0.2, 0) is 23.9 Å². The number of methoxy groups -OCH3 is 1. The van der Waals surface area contributed by atoms with Crippen LogP contribution in [-0.4, -0.2) is 123 Å². The number of fused-ring (bicyclic) bond motifs is 8. The van der Waals surface area contributed by atoms with Gasteiger partial charge in [-0.05, 0) is 176 Å². The van der Waals surface area contributed by atoms with Gasteiger partial charge in [0, 0.05) is 141 Å². The Balaban J connectivity index is 0.000000109. The van der Waals surface area contributed by atoms with Gasteiger partial charge in [0.05, 0.1) is 53.6 Å². The van der Waals surface area contributed by atoms with Crippen LogP contribution in [0.1, 0.15) is 150 Å². The number of anilines is 6. The summed E-state index contributed by atoms with van der Waals surface area (Å²) in [6.45, 7) is 0. The van der Waals surface area contributed by atoms with Crippen molar-refractivity contribution in [3.05, 3.63) is 243 Å². The molecule has 4 aliphatic carbocycles. The number of H-pyrrole nitrogens is 4. The molecule has 4 aliphatic rings. The van der Waals surface area contributed by atoms with E-state index in [4.69, 9.17) is 47.6 Å². The number of carboxylic acids is 1. The van der Waals surface area contributed by atoms with E-state index in [-0.39, 0.29) is 65.1 Å². The van der Waals surface area contributed by atoms with Crippen LogP contribution in [0.5, 0.6) is 0 Å². The number of nitrogens with zero attached hydrogens (tertiary/aromatic N) is 14. The van der Waals surface area contributed by atoms with Crippen molar-refractivity contribution in [3.63, 3.8) is 0 Å². The summed E-state index contributed by atoms with van der Waals surface area (Å²) in [5.74, 6) is 6.24. The van der Waals surface area contributed by atoms with Crippen molar-refractivity contribution in [1.82, 2.24) is 87.4 Å². The van der Waals surface area contributed by atoms with Crippen molar-refractivity contribution < 1.29 is 29.0 Å². The number of rotatable bonds is 14. The number of nitrogen functional groups attached to an aromatic ring is 4. The topological polar surface area (TPSA) is 436 Å². The Morgan fingerprint density at radius 2 is 0.688 bits per heavy atom. The van der Waals surface area contributed by atoms with E-state index < -0.39 is 5.97 Å². The first-order chi connectivity index (χ1) is 61.1. The number of nitrogens with two attached hydrogens (primary N) is 4. The molecule has 0 radical (unpaired) electrons. The first-order valence-electron chi connectivity index (χ1n) is 42.7. The number of imidazole rings is 4. The van der Waals surface area contributed by atoms with Crippen LogP contribution in [0.15, 0.2) is 220 Å². The van der Waals surface area contributed by atoms with Crippen LogP contribution < -0.4 is 33.6 Å². The minimum Gasteiger partial charge on any atom is -0.481 e. The first kappa shape index (κ1) is 79.7. The largest absolute Gasteiger partial charge is 0.481 e. The van der Waals surface area contributed by atoms with E-state index in [2.05, 4.69) is 134 Å². The zero-order chi connectivity index (χ0) is 85.3. The number of aromatic nitrogens is 18. The summed E-state index contributed by atoms with van der Waals surface area (Å²) < 4.78 is 13.1. The minimum absolute atomic E-state index is 0.0115. The fourth-order valence-corrected chi connectivity index (χ4v) is 19.0. The average molecular weight is 1670 g/mol. The zero-order valence-corrected chi connectivity index (χ0v) is 68.8. The van der Waals surface area contributed by atoms with Crippen LogP contribution in [0.4, 0.5) is 34.8 Å². The lowest BCUT2D eigenvalue weighted by molar-refractivity contribution is -0.146. The SMILES string of the molecule is COC(=O)C1CCC(c2nc(-c3cc4ccccc4[nH]3)c3c(N)nccn23)CC1.Nc1nccn2c(C3CCC(C(=O)Nc4ccccn4)CC3)nc(-c3cc4ccccc4[nH]3)c12.Nc1nccn2c(C3CCC(C(=O)Nc4cccnc4)CC3)nc(-c3cc4ccccc4[nH]3)c12.Nc1nccn2c(C3CCC(C(=O)O)CC3)nc(-c3cc4ccccc4[nH]3)c12. The lowest BCUT2D eigenvalue weighted by atomic mass is 9.81. The number of aromatic amines is 4. The molecular formula is C95H94N24O6. The highest BCUT2D eigenvalue weighted by molar-refractivity contribution is 5.97. The predicted molar refractivity (Wildman–Crippen MR) is 483 cm³/mol. The van der Waals surface area contributed by atoms with Gasteiger partial charge in [0.25, 0.3) is 0 Å². The maximum atomic E-state index is 12.8. The molecule has 18 aromatic rings. The number of carbonyl (C=O) groups is 4. The second kappa shape index (κ2) is 34.4. The van der Waals surface area contributed by atoms with Crippen LogP contribution in [0, 0.1) is 23.7 Å². The van der Waals surface area contributed by atoms with Crippen molar-refractivity contribution in [1.29, 1.82) is 0 Å².